The molecular weight excluding hydrogens is 422 g/mol. The predicted molar refractivity (Wildman–Crippen MR) is 126 cm³/mol. The third-order valence-corrected chi connectivity index (χ3v) is 4.87. The lowest BCUT2D eigenvalue weighted by Crippen LogP contribution is -2.08. The van der Waals surface area contributed by atoms with Crippen molar-refractivity contribution in [3.8, 4) is 11.4 Å². The van der Waals surface area contributed by atoms with Crippen molar-refractivity contribution in [2.24, 2.45) is 0 Å². The number of carbonyl (C=O) groups excluding carboxylic acids is 1. The summed E-state index contributed by atoms with van der Waals surface area (Å²) in [5, 5.41) is 22.8. The van der Waals surface area contributed by atoms with Gasteiger partial charge in [0.2, 0.25) is 5.91 Å². The molecule has 1 N–H and O–H groups in total. The first-order valence-corrected chi connectivity index (χ1v) is 10.3. The Morgan fingerprint density at radius 1 is 1.12 bits per heavy atom. The van der Waals surface area contributed by atoms with Gasteiger partial charge in [0.1, 0.15) is 16.8 Å². The van der Waals surface area contributed by atoms with Crippen LogP contribution >= 0.6 is 0 Å². The maximum atomic E-state index is 12.4. The van der Waals surface area contributed by atoms with Gasteiger partial charge in [0.25, 0.3) is 5.69 Å². The number of fused-ring (bicyclic) bond motifs is 1. The van der Waals surface area contributed by atoms with Gasteiger partial charge in [-0.15, -0.1) is 10.2 Å². The van der Waals surface area contributed by atoms with Crippen molar-refractivity contribution in [3.63, 3.8) is 0 Å². The van der Waals surface area contributed by atoms with E-state index in [0.717, 1.165) is 17.0 Å². The summed E-state index contributed by atoms with van der Waals surface area (Å²) < 4.78 is 5.46. The van der Waals surface area contributed by atoms with Gasteiger partial charge in [-0.2, -0.15) is 4.80 Å². The first-order chi connectivity index (χ1) is 15.9. The van der Waals surface area contributed by atoms with Gasteiger partial charge >= 0.3 is 0 Å². The van der Waals surface area contributed by atoms with E-state index in [1.54, 1.807) is 18.2 Å². The Morgan fingerprint density at radius 3 is 2.55 bits per heavy atom. The van der Waals surface area contributed by atoms with Crippen LogP contribution in [0.2, 0.25) is 0 Å². The second-order valence-electron chi connectivity index (χ2n) is 7.25. The van der Waals surface area contributed by atoms with Gasteiger partial charge in [-0.1, -0.05) is 12.1 Å². The summed E-state index contributed by atoms with van der Waals surface area (Å²) in [5.74, 6) is 0.417. The van der Waals surface area contributed by atoms with E-state index in [1.807, 2.05) is 44.2 Å². The molecule has 0 spiro atoms. The standard InChI is InChI=1S/C24H21N5O4/c1-3-33-20-10-8-18(9-11-20)28-26-22-13-16(2)21(15-23(22)27-28)25-24(30)12-7-17-5-4-6-19(14-17)29(31)32/h4-15H,3H2,1-2H3,(H,25,30)/b12-7+. The highest BCUT2D eigenvalue weighted by molar-refractivity contribution is 6.03. The van der Waals surface area contributed by atoms with Crippen LogP contribution < -0.4 is 10.1 Å². The number of carbonyl (C=O) groups is 1. The smallest absolute Gasteiger partial charge is 0.270 e. The van der Waals surface area contributed by atoms with Gasteiger partial charge in [-0.3, -0.25) is 14.9 Å². The Labute approximate surface area is 189 Å². The van der Waals surface area contributed by atoms with Crippen LogP contribution in [0.1, 0.15) is 18.1 Å². The SMILES string of the molecule is CCOc1ccc(-n2nc3cc(C)c(NC(=O)/C=C/c4cccc([N+](=O)[O-])c4)cc3n2)cc1. The first kappa shape index (κ1) is 21.7. The molecule has 0 atom stereocenters. The van der Waals surface area contributed by atoms with Crippen LogP contribution in [0.15, 0.2) is 66.7 Å². The Hall–Kier alpha value is -4.53. The molecule has 1 amide bonds. The summed E-state index contributed by atoms with van der Waals surface area (Å²) in [5.41, 5.74) is 4.09. The molecule has 0 aliphatic carbocycles. The molecule has 0 bridgehead atoms. The topological polar surface area (TPSA) is 112 Å². The molecule has 0 saturated heterocycles. The van der Waals surface area contributed by atoms with Crippen LogP contribution in [-0.2, 0) is 4.79 Å². The number of amides is 1. The van der Waals surface area contributed by atoms with Crippen molar-refractivity contribution in [1.29, 1.82) is 0 Å². The molecule has 1 aromatic heterocycles. The lowest BCUT2D eigenvalue weighted by molar-refractivity contribution is -0.384. The van der Waals surface area contributed by atoms with Crippen molar-refractivity contribution in [2.45, 2.75) is 13.8 Å². The average molecular weight is 443 g/mol. The largest absolute Gasteiger partial charge is 0.494 e. The van der Waals surface area contributed by atoms with E-state index in [1.165, 1.54) is 29.1 Å². The minimum atomic E-state index is -0.476. The van der Waals surface area contributed by atoms with Crippen molar-refractivity contribution in [3.05, 3.63) is 88.0 Å². The molecule has 0 radical (unpaired) electrons. The summed E-state index contributed by atoms with van der Waals surface area (Å²) in [6.07, 6.45) is 2.86. The number of rotatable bonds is 7. The second kappa shape index (κ2) is 9.31. The van der Waals surface area contributed by atoms with Gasteiger partial charge in [0.05, 0.1) is 17.2 Å². The zero-order chi connectivity index (χ0) is 23.4. The maximum absolute atomic E-state index is 12.4. The number of nitrogens with one attached hydrogen (secondary N) is 1. The molecule has 0 unspecified atom stereocenters. The Balaban J connectivity index is 1.52. The highest BCUT2D eigenvalue weighted by Gasteiger charge is 2.10. The predicted octanol–water partition coefficient (Wildman–Crippen LogP) is 4.69. The number of hydrogen-bond donors (Lipinski definition) is 1. The first-order valence-electron chi connectivity index (χ1n) is 10.3. The molecule has 0 saturated carbocycles. The lowest BCUT2D eigenvalue weighted by atomic mass is 10.1. The Morgan fingerprint density at radius 2 is 1.85 bits per heavy atom. The monoisotopic (exact) mass is 443 g/mol. The quantitative estimate of drug-likeness (QED) is 0.252. The van der Waals surface area contributed by atoms with Gasteiger partial charge in [0, 0.05) is 23.9 Å². The van der Waals surface area contributed by atoms with Crippen LogP contribution in [0.5, 0.6) is 5.75 Å². The number of non-ortho nitro benzene ring substituents is 1. The van der Waals surface area contributed by atoms with Gasteiger partial charge in [0.15, 0.2) is 0 Å². The number of benzene rings is 3. The molecule has 1 heterocycles. The van der Waals surface area contributed by atoms with Crippen molar-refractivity contribution < 1.29 is 14.5 Å². The highest BCUT2D eigenvalue weighted by Crippen LogP contribution is 2.23. The van der Waals surface area contributed by atoms with Crippen LogP contribution in [0.4, 0.5) is 11.4 Å². The number of nitrogens with zero attached hydrogens (tertiary/aromatic N) is 4. The summed E-state index contributed by atoms with van der Waals surface area (Å²) in [6.45, 7) is 4.39. The van der Waals surface area contributed by atoms with Crippen LogP contribution in [0, 0.1) is 17.0 Å². The molecule has 3 aromatic carbocycles. The number of nitro groups is 1. The van der Waals surface area contributed by atoms with Crippen LogP contribution in [-0.4, -0.2) is 32.4 Å². The van der Waals surface area contributed by atoms with Crippen molar-refractivity contribution in [1.82, 2.24) is 15.0 Å². The molecule has 166 valence electrons. The third-order valence-electron chi connectivity index (χ3n) is 4.87. The van der Waals surface area contributed by atoms with Crippen LogP contribution in [0.3, 0.4) is 0 Å². The zero-order valence-corrected chi connectivity index (χ0v) is 18.1. The minimum Gasteiger partial charge on any atom is -0.494 e. The second-order valence-corrected chi connectivity index (χ2v) is 7.25. The highest BCUT2D eigenvalue weighted by atomic mass is 16.6. The summed E-state index contributed by atoms with van der Waals surface area (Å²) in [6, 6.07) is 17.1. The van der Waals surface area contributed by atoms with Crippen molar-refractivity contribution >= 4 is 34.4 Å². The number of aromatic nitrogens is 3. The fraction of sp³-hybridized carbons (Fsp3) is 0.125. The van der Waals surface area contributed by atoms with E-state index in [2.05, 4.69) is 15.5 Å². The summed E-state index contributed by atoms with van der Waals surface area (Å²) in [7, 11) is 0. The van der Waals surface area contributed by atoms with E-state index in [-0.39, 0.29) is 11.6 Å². The average Bonchev–Trinajstić information content (AvgIpc) is 3.21. The molecular formula is C24H21N5O4. The van der Waals surface area contributed by atoms with Crippen LogP contribution in [0.25, 0.3) is 22.8 Å². The maximum Gasteiger partial charge on any atom is 0.270 e. The van der Waals surface area contributed by atoms with Crippen molar-refractivity contribution in [2.75, 3.05) is 11.9 Å². The number of nitro benzene ring substituents is 1. The van der Waals surface area contributed by atoms with E-state index in [4.69, 9.17) is 4.74 Å². The number of anilines is 1. The fourth-order valence-electron chi connectivity index (χ4n) is 3.25. The van der Waals surface area contributed by atoms with E-state index < -0.39 is 4.92 Å². The summed E-state index contributed by atoms with van der Waals surface area (Å²) in [4.78, 5) is 24.4. The summed E-state index contributed by atoms with van der Waals surface area (Å²) >= 11 is 0. The van der Waals surface area contributed by atoms with Gasteiger partial charge in [-0.05, 0) is 67.4 Å². The molecule has 0 aliphatic rings. The third kappa shape index (κ3) is 5.04. The molecule has 9 nitrogen and oxygen atoms in total. The van der Waals surface area contributed by atoms with E-state index >= 15 is 0 Å². The molecule has 4 aromatic rings. The minimum absolute atomic E-state index is 0.0329. The number of ether oxygens (including phenoxy) is 1. The Bertz CT molecular complexity index is 1360. The number of aryl methyl sites for hydroxylation is 1. The van der Waals surface area contributed by atoms with E-state index in [9.17, 15) is 14.9 Å². The molecule has 9 heteroatoms. The van der Waals surface area contributed by atoms with E-state index in [0.29, 0.717) is 28.9 Å². The fourth-order valence-corrected chi connectivity index (χ4v) is 3.25. The van der Waals surface area contributed by atoms with Gasteiger partial charge in [-0.25, -0.2) is 0 Å². The number of hydrogen-bond acceptors (Lipinski definition) is 6. The zero-order valence-electron chi connectivity index (χ0n) is 18.1. The molecule has 0 aliphatic heterocycles. The lowest BCUT2D eigenvalue weighted by Gasteiger charge is -2.05. The molecule has 4 rings (SSSR count). The molecule has 33 heavy (non-hydrogen) atoms. The Kier molecular flexibility index (Phi) is 6.12. The molecule has 0 fully saturated rings. The van der Waals surface area contributed by atoms with Gasteiger partial charge < -0.3 is 10.1 Å². The normalized spacial score (nSPS) is 11.1.